The highest BCUT2D eigenvalue weighted by Gasteiger charge is 2.04. The van der Waals surface area contributed by atoms with Crippen LogP contribution in [-0.2, 0) is 10.5 Å². The summed E-state index contributed by atoms with van der Waals surface area (Å²) in [7, 11) is 0. The van der Waals surface area contributed by atoms with Crippen molar-refractivity contribution in [2.75, 3.05) is 0 Å². The molecule has 0 fully saturated rings. The Morgan fingerprint density at radius 2 is 2.05 bits per heavy atom. The largest absolute Gasteiger partial charge is 0.478 e. The number of aliphatic carboxylic acids is 1. The van der Waals surface area contributed by atoms with Crippen molar-refractivity contribution in [2.45, 2.75) is 10.6 Å². The monoisotopic (exact) mass is 322 g/mol. The standard InChI is InChI=1S/C16H12ClFO2S/c17-13-3-1-2-4-15(13)21-10-11-5-7-14(18)12(9-11)6-8-16(19)20/h1-9H,10H2,(H,19,20). The van der Waals surface area contributed by atoms with Gasteiger partial charge in [-0.1, -0.05) is 29.8 Å². The van der Waals surface area contributed by atoms with Gasteiger partial charge in [0.25, 0.3) is 0 Å². The fourth-order valence-corrected chi connectivity index (χ4v) is 2.88. The topological polar surface area (TPSA) is 37.3 Å². The number of carbonyl (C=O) groups is 1. The Bertz CT molecular complexity index is 686. The molecule has 5 heteroatoms. The average Bonchev–Trinajstić information content (AvgIpc) is 2.46. The predicted molar refractivity (Wildman–Crippen MR) is 84.1 cm³/mol. The first kappa shape index (κ1) is 15.6. The first-order valence-corrected chi connectivity index (χ1v) is 7.49. The maximum Gasteiger partial charge on any atom is 0.328 e. The van der Waals surface area contributed by atoms with E-state index in [1.165, 1.54) is 12.1 Å². The molecule has 0 radical (unpaired) electrons. The lowest BCUT2D eigenvalue weighted by molar-refractivity contribution is -0.131. The lowest BCUT2D eigenvalue weighted by Crippen LogP contribution is -1.90. The third kappa shape index (κ3) is 4.62. The third-order valence-electron chi connectivity index (χ3n) is 2.70. The summed E-state index contributed by atoms with van der Waals surface area (Å²) >= 11 is 7.62. The van der Waals surface area contributed by atoms with Crippen LogP contribution in [0.15, 0.2) is 53.4 Å². The van der Waals surface area contributed by atoms with Gasteiger partial charge in [-0.2, -0.15) is 0 Å². The molecule has 0 saturated heterocycles. The van der Waals surface area contributed by atoms with E-state index in [4.69, 9.17) is 16.7 Å². The highest BCUT2D eigenvalue weighted by molar-refractivity contribution is 7.98. The molecular weight excluding hydrogens is 311 g/mol. The molecule has 0 amide bonds. The van der Waals surface area contributed by atoms with Gasteiger partial charge in [0.2, 0.25) is 0 Å². The van der Waals surface area contributed by atoms with Crippen molar-refractivity contribution in [1.82, 2.24) is 0 Å². The molecule has 0 bridgehead atoms. The van der Waals surface area contributed by atoms with Gasteiger partial charge in [0.15, 0.2) is 0 Å². The van der Waals surface area contributed by atoms with Gasteiger partial charge in [-0.3, -0.25) is 0 Å². The van der Waals surface area contributed by atoms with Crippen LogP contribution < -0.4 is 0 Å². The molecule has 108 valence electrons. The molecule has 0 aliphatic carbocycles. The molecule has 2 aromatic carbocycles. The Morgan fingerprint density at radius 1 is 1.29 bits per heavy atom. The van der Waals surface area contributed by atoms with Crippen LogP contribution in [0.5, 0.6) is 0 Å². The minimum atomic E-state index is -1.11. The van der Waals surface area contributed by atoms with Crippen LogP contribution in [0.1, 0.15) is 11.1 Å². The minimum absolute atomic E-state index is 0.259. The molecule has 0 aliphatic rings. The molecule has 0 unspecified atom stereocenters. The number of benzene rings is 2. The summed E-state index contributed by atoms with van der Waals surface area (Å²) in [6, 6.07) is 12.1. The Morgan fingerprint density at radius 3 is 2.76 bits per heavy atom. The first-order valence-electron chi connectivity index (χ1n) is 6.13. The summed E-state index contributed by atoms with van der Waals surface area (Å²) in [5.41, 5.74) is 1.15. The Balaban J connectivity index is 2.12. The second-order valence-corrected chi connectivity index (χ2v) is 5.67. The molecule has 21 heavy (non-hydrogen) atoms. The second kappa shape index (κ2) is 7.29. The zero-order chi connectivity index (χ0) is 15.2. The summed E-state index contributed by atoms with van der Waals surface area (Å²) < 4.78 is 13.6. The van der Waals surface area contributed by atoms with Crippen molar-refractivity contribution in [3.8, 4) is 0 Å². The number of rotatable bonds is 5. The van der Waals surface area contributed by atoms with E-state index in [1.54, 1.807) is 23.9 Å². The van der Waals surface area contributed by atoms with E-state index in [2.05, 4.69) is 0 Å². The summed E-state index contributed by atoms with van der Waals surface area (Å²) in [5.74, 6) is -0.929. The van der Waals surface area contributed by atoms with Crippen molar-refractivity contribution in [3.63, 3.8) is 0 Å². The number of carboxylic acids is 1. The van der Waals surface area contributed by atoms with Crippen molar-refractivity contribution in [2.24, 2.45) is 0 Å². The molecule has 0 heterocycles. The fraction of sp³-hybridized carbons (Fsp3) is 0.0625. The molecule has 0 aromatic heterocycles. The quantitative estimate of drug-likeness (QED) is 0.630. The zero-order valence-electron chi connectivity index (χ0n) is 10.9. The maximum atomic E-state index is 13.6. The Kier molecular flexibility index (Phi) is 5.42. The van der Waals surface area contributed by atoms with Gasteiger partial charge in [0, 0.05) is 22.3 Å². The van der Waals surface area contributed by atoms with E-state index in [0.29, 0.717) is 10.8 Å². The van der Waals surface area contributed by atoms with Gasteiger partial charge in [0.1, 0.15) is 5.82 Å². The molecule has 0 aliphatic heterocycles. The molecule has 0 atom stereocenters. The van der Waals surface area contributed by atoms with Gasteiger partial charge in [-0.25, -0.2) is 9.18 Å². The van der Waals surface area contributed by atoms with Crippen LogP contribution in [0.2, 0.25) is 5.02 Å². The van der Waals surface area contributed by atoms with Crippen molar-refractivity contribution < 1.29 is 14.3 Å². The summed E-state index contributed by atoms with van der Waals surface area (Å²) in [5, 5.41) is 9.27. The minimum Gasteiger partial charge on any atom is -0.478 e. The van der Waals surface area contributed by atoms with Gasteiger partial charge in [0.05, 0.1) is 5.02 Å². The number of thioether (sulfide) groups is 1. The fourth-order valence-electron chi connectivity index (χ4n) is 1.69. The lowest BCUT2D eigenvalue weighted by atomic mass is 10.1. The van der Waals surface area contributed by atoms with Crippen LogP contribution in [0.4, 0.5) is 4.39 Å². The molecule has 1 N–H and O–H groups in total. The molecule has 2 rings (SSSR count). The maximum absolute atomic E-state index is 13.6. The SMILES string of the molecule is O=C(O)C=Cc1cc(CSc2ccccc2Cl)ccc1F. The number of carboxylic acid groups (broad SMARTS) is 1. The number of hydrogen-bond donors (Lipinski definition) is 1. The first-order chi connectivity index (χ1) is 10.1. The normalized spacial score (nSPS) is 11.0. The van der Waals surface area contributed by atoms with Crippen molar-refractivity contribution >= 4 is 35.4 Å². The van der Waals surface area contributed by atoms with E-state index in [0.717, 1.165) is 16.5 Å². The average molecular weight is 323 g/mol. The van der Waals surface area contributed by atoms with Crippen molar-refractivity contribution in [1.29, 1.82) is 0 Å². The summed E-state index contributed by atoms with van der Waals surface area (Å²) in [6.45, 7) is 0. The molecule has 2 nitrogen and oxygen atoms in total. The van der Waals surface area contributed by atoms with Crippen LogP contribution in [-0.4, -0.2) is 11.1 Å². The van der Waals surface area contributed by atoms with Gasteiger partial charge >= 0.3 is 5.97 Å². The lowest BCUT2D eigenvalue weighted by Gasteiger charge is -2.05. The van der Waals surface area contributed by atoms with Crippen LogP contribution in [0.25, 0.3) is 6.08 Å². The highest BCUT2D eigenvalue weighted by Crippen LogP contribution is 2.29. The molecule has 0 spiro atoms. The van der Waals surface area contributed by atoms with E-state index < -0.39 is 11.8 Å². The predicted octanol–water partition coefficient (Wildman–Crippen LogP) is 4.87. The Hall–Kier alpha value is -1.78. The number of halogens is 2. The Labute approximate surface area is 131 Å². The van der Waals surface area contributed by atoms with Crippen LogP contribution in [0, 0.1) is 5.82 Å². The van der Waals surface area contributed by atoms with Gasteiger partial charge in [-0.05, 0) is 35.9 Å². The molecule has 2 aromatic rings. The number of hydrogen-bond acceptors (Lipinski definition) is 2. The van der Waals surface area contributed by atoms with E-state index in [1.807, 2.05) is 24.3 Å². The van der Waals surface area contributed by atoms with Gasteiger partial charge in [-0.15, -0.1) is 11.8 Å². The summed E-state index contributed by atoms with van der Waals surface area (Å²) in [4.78, 5) is 11.4. The van der Waals surface area contributed by atoms with E-state index >= 15 is 0 Å². The highest BCUT2D eigenvalue weighted by atomic mass is 35.5. The van der Waals surface area contributed by atoms with Crippen molar-refractivity contribution in [3.05, 3.63) is 70.5 Å². The second-order valence-electron chi connectivity index (χ2n) is 4.25. The third-order valence-corrected chi connectivity index (χ3v) is 4.28. The smallest absolute Gasteiger partial charge is 0.328 e. The zero-order valence-corrected chi connectivity index (χ0v) is 12.5. The van der Waals surface area contributed by atoms with E-state index in [9.17, 15) is 9.18 Å². The summed E-state index contributed by atoms with van der Waals surface area (Å²) in [6.07, 6.45) is 2.17. The van der Waals surface area contributed by atoms with Crippen LogP contribution in [0.3, 0.4) is 0 Å². The molecule has 0 saturated carbocycles. The van der Waals surface area contributed by atoms with E-state index in [-0.39, 0.29) is 5.56 Å². The molecular formula is C16H12ClFO2S. The van der Waals surface area contributed by atoms with Crippen LogP contribution >= 0.6 is 23.4 Å². The van der Waals surface area contributed by atoms with Gasteiger partial charge < -0.3 is 5.11 Å².